The molecule has 0 atom stereocenters. The molecule has 5 nitrogen and oxygen atoms in total. The lowest BCUT2D eigenvalue weighted by molar-refractivity contribution is -0.137. The highest BCUT2D eigenvalue weighted by Gasteiger charge is 2.17. The minimum atomic E-state index is -0.350. The molecule has 2 rings (SSSR count). The molecule has 2 amide bonds. The van der Waals surface area contributed by atoms with E-state index in [4.69, 9.17) is 4.84 Å². The van der Waals surface area contributed by atoms with E-state index >= 15 is 0 Å². The van der Waals surface area contributed by atoms with Crippen LogP contribution in [0, 0.1) is 0 Å². The molecule has 0 bridgehead atoms. The summed E-state index contributed by atoms with van der Waals surface area (Å²) in [6.45, 7) is -0.104. The van der Waals surface area contributed by atoms with Gasteiger partial charge in [-0.15, -0.1) is 0 Å². The van der Waals surface area contributed by atoms with Crippen LogP contribution in [-0.2, 0) is 9.63 Å². The third-order valence-corrected chi connectivity index (χ3v) is 3.86. The van der Waals surface area contributed by atoms with Gasteiger partial charge in [0.25, 0.3) is 11.8 Å². The van der Waals surface area contributed by atoms with Crippen LogP contribution in [0.2, 0.25) is 0 Å². The van der Waals surface area contributed by atoms with E-state index in [1.807, 2.05) is 6.07 Å². The largest absolute Gasteiger partial charge is 0.343 e. The average Bonchev–Trinajstić information content (AvgIpc) is 2.96. The quantitative estimate of drug-likeness (QED) is 0.807. The first-order valence-electron chi connectivity index (χ1n) is 6.64. The molecule has 0 spiro atoms. The number of carbonyl (C=O) groups excluding carboxylic acids is 2. The Morgan fingerprint density at radius 1 is 1.25 bits per heavy atom. The van der Waals surface area contributed by atoms with Crippen molar-refractivity contribution in [2.45, 2.75) is 31.8 Å². The highest BCUT2D eigenvalue weighted by molar-refractivity contribution is 9.10. The average molecular weight is 341 g/mol. The van der Waals surface area contributed by atoms with E-state index in [-0.39, 0.29) is 24.5 Å². The number of hydroxylamine groups is 1. The molecule has 0 aliphatic heterocycles. The van der Waals surface area contributed by atoms with Gasteiger partial charge < -0.3 is 5.32 Å². The molecule has 0 unspecified atom stereocenters. The van der Waals surface area contributed by atoms with Crippen molar-refractivity contribution < 1.29 is 14.4 Å². The first-order valence-corrected chi connectivity index (χ1v) is 7.43. The second kappa shape index (κ2) is 7.40. The van der Waals surface area contributed by atoms with Crippen molar-refractivity contribution in [2.24, 2.45) is 0 Å². The first-order chi connectivity index (χ1) is 9.66. The number of hydrogen-bond donors (Lipinski definition) is 2. The van der Waals surface area contributed by atoms with E-state index in [1.54, 1.807) is 18.2 Å². The maximum absolute atomic E-state index is 11.9. The predicted molar refractivity (Wildman–Crippen MR) is 78.0 cm³/mol. The molecule has 1 aliphatic carbocycles. The number of nitrogens with one attached hydrogen (secondary N) is 2. The highest BCUT2D eigenvalue weighted by atomic mass is 79.9. The monoisotopic (exact) mass is 340 g/mol. The van der Waals surface area contributed by atoms with E-state index in [0.717, 1.165) is 25.7 Å². The molecule has 1 aliphatic rings. The van der Waals surface area contributed by atoms with Crippen LogP contribution in [0.15, 0.2) is 28.7 Å². The Hall–Kier alpha value is -1.40. The van der Waals surface area contributed by atoms with Gasteiger partial charge in [0.15, 0.2) is 0 Å². The van der Waals surface area contributed by atoms with E-state index in [0.29, 0.717) is 10.0 Å². The third-order valence-electron chi connectivity index (χ3n) is 3.17. The maximum atomic E-state index is 11.9. The van der Waals surface area contributed by atoms with Crippen LogP contribution in [-0.4, -0.2) is 24.5 Å². The van der Waals surface area contributed by atoms with Gasteiger partial charge in [-0.1, -0.05) is 25.0 Å². The lowest BCUT2D eigenvalue weighted by Crippen LogP contribution is -2.38. The molecule has 1 saturated carbocycles. The van der Waals surface area contributed by atoms with Crippen LogP contribution in [0.5, 0.6) is 0 Å². The van der Waals surface area contributed by atoms with Crippen molar-refractivity contribution in [3.8, 4) is 0 Å². The van der Waals surface area contributed by atoms with Crippen LogP contribution in [0.3, 0.4) is 0 Å². The number of rotatable bonds is 5. The second-order valence-electron chi connectivity index (χ2n) is 4.71. The minimum Gasteiger partial charge on any atom is -0.343 e. The maximum Gasteiger partial charge on any atom is 0.262 e. The topological polar surface area (TPSA) is 67.4 Å². The van der Waals surface area contributed by atoms with Gasteiger partial charge in [-0.3, -0.25) is 14.4 Å². The van der Waals surface area contributed by atoms with Crippen LogP contribution in [0.4, 0.5) is 0 Å². The van der Waals surface area contributed by atoms with Crippen molar-refractivity contribution in [2.75, 3.05) is 6.54 Å². The van der Waals surface area contributed by atoms with Gasteiger partial charge in [-0.2, -0.15) is 0 Å². The van der Waals surface area contributed by atoms with Gasteiger partial charge in [-0.25, -0.2) is 5.48 Å². The Balaban J connectivity index is 1.72. The lowest BCUT2D eigenvalue weighted by atomic mass is 10.2. The predicted octanol–water partition coefficient (Wildman–Crippen LogP) is 2.17. The zero-order valence-corrected chi connectivity index (χ0v) is 12.6. The summed E-state index contributed by atoms with van der Waals surface area (Å²) in [6.07, 6.45) is 4.34. The molecule has 1 fully saturated rings. The van der Waals surface area contributed by atoms with Gasteiger partial charge in [0.1, 0.15) is 0 Å². The summed E-state index contributed by atoms with van der Waals surface area (Å²) >= 11 is 3.29. The zero-order chi connectivity index (χ0) is 14.4. The van der Waals surface area contributed by atoms with Crippen molar-refractivity contribution in [1.82, 2.24) is 10.8 Å². The Bertz CT molecular complexity index is 487. The Morgan fingerprint density at radius 3 is 2.65 bits per heavy atom. The standard InChI is InChI=1S/C14H17BrN2O3/c15-12-8-4-3-7-11(12)14(19)16-9-13(18)17-20-10-5-1-2-6-10/h3-4,7-8,10H,1-2,5-6,9H2,(H,16,19)(H,17,18). The summed E-state index contributed by atoms with van der Waals surface area (Å²) in [5.74, 6) is -0.647. The Kier molecular flexibility index (Phi) is 5.55. The number of amides is 2. The Labute approximate surface area is 126 Å². The van der Waals surface area contributed by atoms with Crippen molar-refractivity contribution >= 4 is 27.7 Å². The van der Waals surface area contributed by atoms with Gasteiger partial charge >= 0.3 is 0 Å². The Morgan fingerprint density at radius 2 is 1.95 bits per heavy atom. The minimum absolute atomic E-state index is 0.104. The molecule has 108 valence electrons. The molecule has 6 heteroatoms. The van der Waals surface area contributed by atoms with Crippen LogP contribution >= 0.6 is 15.9 Å². The summed E-state index contributed by atoms with van der Waals surface area (Å²) in [7, 11) is 0. The molecular formula is C14H17BrN2O3. The van der Waals surface area contributed by atoms with Crippen molar-refractivity contribution in [1.29, 1.82) is 0 Å². The first kappa shape index (κ1) is 15.0. The van der Waals surface area contributed by atoms with Crippen molar-refractivity contribution in [3.63, 3.8) is 0 Å². The smallest absolute Gasteiger partial charge is 0.262 e. The summed E-state index contributed by atoms with van der Waals surface area (Å²) in [5.41, 5.74) is 2.88. The van der Waals surface area contributed by atoms with Crippen molar-refractivity contribution in [3.05, 3.63) is 34.3 Å². The fourth-order valence-electron chi connectivity index (χ4n) is 2.09. The molecule has 0 radical (unpaired) electrons. The molecule has 1 aromatic carbocycles. The van der Waals surface area contributed by atoms with E-state index in [1.165, 1.54) is 0 Å². The molecule has 2 N–H and O–H groups in total. The van der Waals surface area contributed by atoms with Gasteiger partial charge in [0.05, 0.1) is 18.2 Å². The summed E-state index contributed by atoms with van der Waals surface area (Å²) in [5, 5.41) is 2.55. The normalized spacial score (nSPS) is 15.1. The fourth-order valence-corrected chi connectivity index (χ4v) is 2.56. The molecule has 0 saturated heterocycles. The molecule has 0 aromatic heterocycles. The number of benzene rings is 1. The van der Waals surface area contributed by atoms with Crippen LogP contribution < -0.4 is 10.8 Å². The number of hydrogen-bond acceptors (Lipinski definition) is 3. The molecule has 0 heterocycles. The number of carbonyl (C=O) groups is 2. The van der Waals surface area contributed by atoms with E-state index in [9.17, 15) is 9.59 Å². The second-order valence-corrected chi connectivity index (χ2v) is 5.57. The van der Waals surface area contributed by atoms with Gasteiger partial charge in [0.2, 0.25) is 0 Å². The highest BCUT2D eigenvalue weighted by Crippen LogP contribution is 2.19. The lowest BCUT2D eigenvalue weighted by Gasteiger charge is -2.12. The summed E-state index contributed by atoms with van der Waals surface area (Å²) in [4.78, 5) is 28.7. The fraction of sp³-hybridized carbons (Fsp3) is 0.429. The summed E-state index contributed by atoms with van der Waals surface area (Å²) in [6, 6.07) is 7.05. The zero-order valence-electron chi connectivity index (χ0n) is 11.0. The van der Waals surface area contributed by atoms with Gasteiger partial charge in [0, 0.05) is 4.47 Å². The summed E-state index contributed by atoms with van der Waals surface area (Å²) < 4.78 is 0.695. The van der Waals surface area contributed by atoms with E-state index < -0.39 is 0 Å². The number of halogens is 1. The van der Waals surface area contributed by atoms with Gasteiger partial charge in [-0.05, 0) is 40.9 Å². The van der Waals surface area contributed by atoms with E-state index in [2.05, 4.69) is 26.7 Å². The van der Waals surface area contributed by atoms with Crippen LogP contribution in [0.1, 0.15) is 36.0 Å². The third kappa shape index (κ3) is 4.31. The SMILES string of the molecule is O=C(CNC(=O)c1ccccc1Br)NOC1CCCC1. The van der Waals surface area contributed by atoms with Crippen LogP contribution in [0.25, 0.3) is 0 Å². The molecular weight excluding hydrogens is 324 g/mol. The molecule has 1 aromatic rings. The molecule has 20 heavy (non-hydrogen) atoms.